The Morgan fingerprint density at radius 3 is 1.23 bits per heavy atom. The monoisotopic (exact) mass is 386 g/mol. The van der Waals surface area contributed by atoms with Crippen LogP contribution in [0, 0.1) is 0 Å². The van der Waals surface area contributed by atoms with Gasteiger partial charge in [0.25, 0.3) is 0 Å². The van der Waals surface area contributed by atoms with E-state index >= 15 is 0 Å². The molecule has 0 rings (SSSR count). The minimum atomic E-state index is -0.0324. The normalized spacial score (nSPS) is 8.92. The second kappa shape index (κ2) is 35.2. The van der Waals surface area contributed by atoms with E-state index in [1.807, 2.05) is 7.05 Å². The van der Waals surface area contributed by atoms with Gasteiger partial charge in [-0.2, -0.15) is 0 Å². The van der Waals surface area contributed by atoms with Crippen LogP contribution in [0.5, 0.6) is 0 Å². The number of methoxy groups -OCH3 is 6. The molecule has 0 fully saturated rings. The zero-order chi connectivity index (χ0) is 21.1. The second-order valence-corrected chi connectivity index (χ2v) is 4.39. The van der Waals surface area contributed by atoms with Gasteiger partial charge in [0.1, 0.15) is 26.6 Å². The van der Waals surface area contributed by atoms with Gasteiger partial charge < -0.3 is 33.7 Å². The molecule has 2 N–H and O–H groups in total. The molecule has 10 nitrogen and oxygen atoms in total. The second-order valence-electron chi connectivity index (χ2n) is 4.39. The number of nitrogens with one attached hydrogen (secondary N) is 2. The van der Waals surface area contributed by atoms with Crippen LogP contribution in [0.1, 0.15) is 0 Å². The van der Waals surface area contributed by atoms with Crippen molar-refractivity contribution in [2.24, 2.45) is 0 Å². The molecule has 26 heavy (non-hydrogen) atoms. The lowest BCUT2D eigenvalue weighted by Crippen LogP contribution is -2.21. The first kappa shape index (κ1) is 32.7. The molecule has 0 radical (unpaired) electrons. The van der Waals surface area contributed by atoms with E-state index in [1.165, 1.54) is 21.3 Å². The molecule has 0 aromatic rings. The third-order valence-electron chi connectivity index (χ3n) is 1.81. The summed E-state index contributed by atoms with van der Waals surface area (Å²) in [6.45, 7) is 1.93. The Morgan fingerprint density at radius 2 is 1.04 bits per heavy atom. The minimum Gasteiger partial charge on any atom is -0.377 e. The molecule has 0 saturated carbocycles. The lowest BCUT2D eigenvalue weighted by molar-refractivity contribution is -0.126. The highest BCUT2D eigenvalue weighted by Gasteiger charge is 1.96. The molecule has 160 valence electrons. The van der Waals surface area contributed by atoms with E-state index in [1.54, 1.807) is 28.4 Å². The maximum Gasteiger partial charge on any atom is 0.183 e. The fourth-order valence-corrected chi connectivity index (χ4v) is 1.04. The van der Waals surface area contributed by atoms with E-state index in [0.29, 0.717) is 20.1 Å². The molecule has 0 bridgehead atoms. The molecule has 0 amide bonds. The zero-order valence-electron chi connectivity index (χ0n) is 17.5. The lowest BCUT2D eigenvalue weighted by Gasteiger charge is -1.94. The number of ketones is 2. The number of hydrogen-bond donors (Lipinski definition) is 2. The van der Waals surface area contributed by atoms with Crippen molar-refractivity contribution in [3.63, 3.8) is 0 Å². The predicted molar refractivity (Wildman–Crippen MR) is 99.4 cm³/mol. The van der Waals surface area contributed by atoms with Gasteiger partial charge in [0.15, 0.2) is 11.6 Å². The fraction of sp³-hybridized carbons (Fsp3) is 0.875. The summed E-state index contributed by atoms with van der Waals surface area (Å²) in [5.74, 6) is 0.0463. The number of carbonyl (C=O) groups is 2. The summed E-state index contributed by atoms with van der Waals surface area (Å²) < 4.78 is 27.1. The highest BCUT2D eigenvalue weighted by atomic mass is 16.6. The third-order valence-corrected chi connectivity index (χ3v) is 1.81. The molecule has 0 unspecified atom stereocenters. The molecule has 0 spiro atoms. The Morgan fingerprint density at radius 1 is 0.615 bits per heavy atom. The van der Waals surface area contributed by atoms with Gasteiger partial charge >= 0.3 is 0 Å². The summed E-state index contributed by atoms with van der Waals surface area (Å²) in [5.41, 5.74) is 0. The van der Waals surface area contributed by atoms with Crippen LogP contribution in [-0.4, -0.2) is 108 Å². The average molecular weight is 386 g/mol. The molecule has 10 heteroatoms. The van der Waals surface area contributed by atoms with Crippen LogP contribution in [0.4, 0.5) is 0 Å². The van der Waals surface area contributed by atoms with E-state index in [4.69, 9.17) is 0 Å². The Kier molecular flexibility index (Phi) is 44.2. The van der Waals surface area contributed by atoms with Gasteiger partial charge in [-0.3, -0.25) is 14.9 Å². The quantitative estimate of drug-likeness (QED) is 0.418. The largest absolute Gasteiger partial charge is 0.377 e. The van der Waals surface area contributed by atoms with Crippen LogP contribution in [0.15, 0.2) is 0 Å². The number of Topliss-reactive ketones (excluding diaryl/α,β-unsaturated/α-hetero) is 2. The van der Waals surface area contributed by atoms with E-state index in [9.17, 15) is 9.59 Å². The Labute approximate surface area is 157 Å². The van der Waals surface area contributed by atoms with Crippen molar-refractivity contribution >= 4 is 11.6 Å². The molecule has 0 aliphatic rings. The van der Waals surface area contributed by atoms with Crippen molar-refractivity contribution in [3.8, 4) is 0 Å². The highest BCUT2D eigenvalue weighted by Crippen LogP contribution is 1.73. The predicted octanol–water partition coefficient (Wildman–Crippen LogP) is -0.684. The zero-order valence-corrected chi connectivity index (χ0v) is 17.5. The van der Waals surface area contributed by atoms with E-state index in [0.717, 1.165) is 0 Å². The lowest BCUT2D eigenvalue weighted by atomic mass is 10.4. The number of ether oxygens (including phenoxy) is 6. The van der Waals surface area contributed by atoms with Crippen molar-refractivity contribution in [2.45, 2.75) is 0 Å². The van der Waals surface area contributed by atoms with Crippen molar-refractivity contribution in [1.29, 1.82) is 0 Å². The van der Waals surface area contributed by atoms with Gasteiger partial charge in [-0.1, -0.05) is 0 Å². The first-order valence-electron chi connectivity index (χ1n) is 7.71. The molecule has 0 aliphatic heterocycles. The summed E-state index contributed by atoms with van der Waals surface area (Å²) in [6, 6.07) is 0. The molecular formula is C16H38N2O8. The van der Waals surface area contributed by atoms with Crippen LogP contribution in [-0.2, 0) is 38.0 Å². The Hall–Kier alpha value is -0.980. The van der Waals surface area contributed by atoms with Crippen molar-refractivity contribution < 1.29 is 38.0 Å². The van der Waals surface area contributed by atoms with Crippen molar-refractivity contribution in [1.82, 2.24) is 10.6 Å². The first-order valence-corrected chi connectivity index (χ1v) is 7.71. The maximum absolute atomic E-state index is 10.5. The van der Waals surface area contributed by atoms with Crippen LogP contribution < -0.4 is 10.6 Å². The molecular weight excluding hydrogens is 348 g/mol. The number of hydrogen-bond acceptors (Lipinski definition) is 10. The van der Waals surface area contributed by atoms with Gasteiger partial charge in [0, 0.05) is 42.7 Å². The average Bonchev–Trinajstić information content (AvgIpc) is 2.59. The summed E-state index contributed by atoms with van der Waals surface area (Å²) in [5, 5.41) is 5.52. The molecule has 0 aromatic heterocycles. The van der Waals surface area contributed by atoms with Gasteiger partial charge in [-0.25, -0.2) is 0 Å². The Balaban J connectivity index is -0.000000127. The number of rotatable bonds is 12. The van der Waals surface area contributed by atoms with Gasteiger partial charge in [-0.15, -0.1) is 0 Å². The highest BCUT2D eigenvalue weighted by molar-refractivity contribution is 5.81. The standard InChI is InChI=1S/C5H11NO2.C5H10O3.C3H9NO.C3H8O2/c1-6-3-5(7)4-8-2;1-7-3-5(6)4-8-2;2*1-4-3-5-2/h6H,3-4H2,1-2H3;3-4H2,1-2H3;4H,3H2,1-2H3;3H2,1-2H3. The molecule has 0 heterocycles. The maximum atomic E-state index is 10.5. The molecule has 0 atom stereocenters. The van der Waals surface area contributed by atoms with Gasteiger partial charge in [0.05, 0.1) is 13.3 Å². The van der Waals surface area contributed by atoms with Crippen LogP contribution >= 0.6 is 0 Å². The summed E-state index contributed by atoms with van der Waals surface area (Å²) in [6.07, 6.45) is 0. The first-order chi connectivity index (χ1) is 12.4. The van der Waals surface area contributed by atoms with E-state index < -0.39 is 0 Å². The molecule has 0 saturated heterocycles. The van der Waals surface area contributed by atoms with Crippen LogP contribution in [0.2, 0.25) is 0 Å². The van der Waals surface area contributed by atoms with Crippen LogP contribution in [0.3, 0.4) is 0 Å². The summed E-state index contributed by atoms with van der Waals surface area (Å²) in [7, 11) is 12.9. The summed E-state index contributed by atoms with van der Waals surface area (Å²) in [4.78, 5) is 20.8. The SMILES string of the molecule is CNCC(=O)COC.CNCOC.COCC(=O)COC.COCOC. The third kappa shape index (κ3) is 49.5. The van der Waals surface area contributed by atoms with Crippen molar-refractivity contribution in [3.05, 3.63) is 0 Å². The molecule has 0 aromatic carbocycles. The number of carbonyl (C=O) groups excluding carboxylic acids is 2. The summed E-state index contributed by atoms with van der Waals surface area (Å²) >= 11 is 0. The fourth-order valence-electron chi connectivity index (χ4n) is 1.04. The van der Waals surface area contributed by atoms with E-state index in [2.05, 4.69) is 39.1 Å². The van der Waals surface area contributed by atoms with Gasteiger partial charge in [0.2, 0.25) is 0 Å². The van der Waals surface area contributed by atoms with Crippen LogP contribution in [0.25, 0.3) is 0 Å². The van der Waals surface area contributed by atoms with E-state index in [-0.39, 0.29) is 31.4 Å². The number of likely N-dealkylation sites (N-methyl/N-ethyl adjacent to an activating group) is 1. The van der Waals surface area contributed by atoms with Crippen molar-refractivity contribution in [2.75, 3.05) is 96.6 Å². The topological polar surface area (TPSA) is 114 Å². The van der Waals surface area contributed by atoms with Gasteiger partial charge in [-0.05, 0) is 14.1 Å². The molecule has 0 aliphatic carbocycles. The minimum absolute atomic E-state index is 0.0324. The Bertz CT molecular complexity index is 223. The smallest absolute Gasteiger partial charge is 0.183 e.